The maximum absolute atomic E-state index is 6.14. The fourth-order valence-electron chi connectivity index (χ4n) is 7.29. The normalized spacial score (nSPS) is 42.9. The minimum absolute atomic E-state index is 0.288. The second-order valence-electron chi connectivity index (χ2n) is 9.72. The molecule has 0 spiro atoms. The summed E-state index contributed by atoms with van der Waals surface area (Å²) in [5, 5.41) is 0. The highest BCUT2D eigenvalue weighted by Gasteiger charge is 2.59. The molecule has 3 nitrogen and oxygen atoms in total. The van der Waals surface area contributed by atoms with Gasteiger partial charge in [-0.2, -0.15) is 0 Å². The summed E-state index contributed by atoms with van der Waals surface area (Å²) in [5.41, 5.74) is 3.50. The van der Waals surface area contributed by atoms with Gasteiger partial charge in [0.2, 0.25) is 0 Å². The maximum atomic E-state index is 6.14. The Morgan fingerprint density at radius 3 is 2.89 bits per heavy atom. The number of hydrogen-bond acceptors (Lipinski definition) is 3. The van der Waals surface area contributed by atoms with Crippen LogP contribution in [0, 0.1) is 28.6 Å². The van der Waals surface area contributed by atoms with E-state index in [1.165, 1.54) is 49.7 Å². The molecule has 2 saturated carbocycles. The Bertz CT molecular complexity index is 759. The molecule has 0 radical (unpaired) electrons. The van der Waals surface area contributed by atoms with Crippen molar-refractivity contribution in [3.63, 3.8) is 0 Å². The van der Waals surface area contributed by atoms with E-state index in [9.17, 15) is 0 Å². The lowest BCUT2D eigenvalue weighted by atomic mass is 9.48. The first kappa shape index (κ1) is 17.7. The van der Waals surface area contributed by atoms with Gasteiger partial charge in [-0.1, -0.05) is 19.9 Å². The molecular weight excluding hydrogens is 334 g/mol. The molecule has 1 aliphatic heterocycles. The van der Waals surface area contributed by atoms with Crippen molar-refractivity contribution in [2.45, 2.75) is 65.4 Å². The summed E-state index contributed by atoms with van der Waals surface area (Å²) in [4.78, 5) is 4.47. The van der Waals surface area contributed by atoms with Crippen LogP contribution in [0.15, 0.2) is 24.5 Å². The predicted molar refractivity (Wildman–Crippen MR) is 108 cm³/mol. The SMILES string of the molecule is CCOc1cncc(C2=CCC3C4CCC5OCCC5(C)C4CCC23C)c1. The highest BCUT2D eigenvalue weighted by atomic mass is 16.5. The number of aromatic nitrogens is 1. The van der Waals surface area contributed by atoms with Crippen molar-refractivity contribution in [1.82, 2.24) is 4.98 Å². The van der Waals surface area contributed by atoms with E-state index in [0.29, 0.717) is 18.1 Å². The molecule has 0 N–H and O–H groups in total. The largest absolute Gasteiger partial charge is 0.492 e. The second-order valence-corrected chi connectivity index (χ2v) is 9.72. The summed E-state index contributed by atoms with van der Waals surface area (Å²) < 4.78 is 11.9. The third-order valence-corrected chi connectivity index (χ3v) is 8.66. The van der Waals surface area contributed by atoms with Gasteiger partial charge >= 0.3 is 0 Å². The van der Waals surface area contributed by atoms with Crippen molar-refractivity contribution in [3.05, 3.63) is 30.1 Å². The molecule has 0 bridgehead atoms. The van der Waals surface area contributed by atoms with E-state index >= 15 is 0 Å². The van der Waals surface area contributed by atoms with Crippen molar-refractivity contribution in [2.24, 2.45) is 28.6 Å². The molecule has 3 aliphatic carbocycles. The van der Waals surface area contributed by atoms with Crippen molar-refractivity contribution < 1.29 is 9.47 Å². The lowest BCUT2D eigenvalue weighted by Crippen LogP contribution is -2.51. The van der Waals surface area contributed by atoms with Crippen LogP contribution in [0.5, 0.6) is 5.75 Å². The number of fused-ring (bicyclic) bond motifs is 5. The van der Waals surface area contributed by atoms with Crippen LogP contribution in [-0.4, -0.2) is 24.3 Å². The fourth-order valence-corrected chi connectivity index (χ4v) is 7.29. The summed E-state index contributed by atoms with van der Waals surface area (Å²) >= 11 is 0. The number of rotatable bonds is 3. The lowest BCUT2D eigenvalue weighted by Gasteiger charge is -2.56. The lowest BCUT2D eigenvalue weighted by molar-refractivity contribution is -0.0889. The monoisotopic (exact) mass is 367 g/mol. The number of pyridine rings is 1. The molecule has 1 aromatic rings. The maximum Gasteiger partial charge on any atom is 0.138 e. The van der Waals surface area contributed by atoms with Gasteiger partial charge in [-0.25, -0.2) is 0 Å². The predicted octanol–water partition coefficient (Wildman–Crippen LogP) is 5.51. The molecule has 1 saturated heterocycles. The van der Waals surface area contributed by atoms with E-state index in [2.05, 4.69) is 31.0 Å². The van der Waals surface area contributed by atoms with E-state index in [1.54, 1.807) is 0 Å². The Balaban J connectivity index is 1.44. The van der Waals surface area contributed by atoms with Crippen LogP contribution in [0.4, 0.5) is 0 Å². The zero-order valence-electron chi connectivity index (χ0n) is 17.0. The minimum Gasteiger partial charge on any atom is -0.492 e. The van der Waals surface area contributed by atoms with E-state index in [4.69, 9.17) is 9.47 Å². The van der Waals surface area contributed by atoms with E-state index in [1.807, 2.05) is 19.3 Å². The molecule has 3 heteroatoms. The quantitative estimate of drug-likeness (QED) is 0.706. The second kappa shape index (κ2) is 6.34. The van der Waals surface area contributed by atoms with Crippen molar-refractivity contribution >= 4 is 5.57 Å². The van der Waals surface area contributed by atoms with Gasteiger partial charge in [0.1, 0.15) is 5.75 Å². The van der Waals surface area contributed by atoms with Crippen LogP contribution in [0.25, 0.3) is 5.57 Å². The summed E-state index contributed by atoms with van der Waals surface area (Å²) in [7, 11) is 0. The molecule has 5 rings (SSSR count). The first-order valence-corrected chi connectivity index (χ1v) is 11.0. The Morgan fingerprint density at radius 2 is 2.04 bits per heavy atom. The molecular formula is C24H33NO2. The Labute approximate surface area is 163 Å². The Kier molecular flexibility index (Phi) is 4.16. The number of ether oxygens (including phenoxy) is 2. The van der Waals surface area contributed by atoms with Gasteiger partial charge < -0.3 is 9.47 Å². The highest BCUT2D eigenvalue weighted by Crippen LogP contribution is 2.66. The van der Waals surface area contributed by atoms with Crippen LogP contribution >= 0.6 is 0 Å². The average Bonchev–Trinajstić information content (AvgIpc) is 3.21. The van der Waals surface area contributed by atoms with Crippen molar-refractivity contribution in [3.8, 4) is 5.75 Å². The molecule has 2 heterocycles. The molecule has 1 aromatic heterocycles. The topological polar surface area (TPSA) is 31.4 Å². The number of hydrogen-bond donors (Lipinski definition) is 0. The fraction of sp³-hybridized carbons (Fsp3) is 0.708. The van der Waals surface area contributed by atoms with Crippen molar-refractivity contribution in [2.75, 3.05) is 13.2 Å². The van der Waals surface area contributed by atoms with Gasteiger partial charge in [-0.05, 0) is 91.2 Å². The summed E-state index contributed by atoms with van der Waals surface area (Å²) in [5.74, 6) is 3.37. The first-order valence-electron chi connectivity index (χ1n) is 11.0. The smallest absolute Gasteiger partial charge is 0.138 e. The number of nitrogens with zero attached hydrogens (tertiary/aromatic N) is 1. The van der Waals surface area contributed by atoms with Gasteiger partial charge in [0, 0.05) is 12.8 Å². The first-order chi connectivity index (χ1) is 13.1. The number of allylic oxidation sites excluding steroid dienone is 2. The van der Waals surface area contributed by atoms with Crippen LogP contribution < -0.4 is 4.74 Å². The Morgan fingerprint density at radius 1 is 1.15 bits per heavy atom. The van der Waals surface area contributed by atoms with Gasteiger partial charge in [0.05, 0.1) is 18.9 Å². The summed E-state index contributed by atoms with van der Waals surface area (Å²) in [6, 6.07) is 2.20. The third kappa shape index (κ3) is 2.53. The molecule has 146 valence electrons. The van der Waals surface area contributed by atoms with Gasteiger partial charge in [-0.15, -0.1) is 0 Å². The third-order valence-electron chi connectivity index (χ3n) is 8.66. The standard InChI is InChI=1S/C24H33NO2/c1-4-26-17-13-16(14-25-15-17)19-6-7-20-18-5-8-22-24(3,11-12-27-22)21(18)9-10-23(19,20)2/h6,13-15,18,20-22H,4-5,7-12H2,1-3H3. The van der Waals surface area contributed by atoms with Crippen LogP contribution in [0.3, 0.4) is 0 Å². The van der Waals surface area contributed by atoms with Crippen LogP contribution in [0.1, 0.15) is 64.9 Å². The summed E-state index contributed by atoms with van der Waals surface area (Å²) in [6.45, 7) is 8.76. The van der Waals surface area contributed by atoms with Crippen molar-refractivity contribution in [1.29, 1.82) is 0 Å². The van der Waals surface area contributed by atoms with Gasteiger partial charge in [0.15, 0.2) is 0 Å². The summed E-state index contributed by atoms with van der Waals surface area (Å²) in [6.07, 6.45) is 14.7. The molecule has 27 heavy (non-hydrogen) atoms. The molecule has 6 atom stereocenters. The highest BCUT2D eigenvalue weighted by molar-refractivity contribution is 5.73. The zero-order valence-corrected chi connectivity index (χ0v) is 17.0. The molecule has 6 unspecified atom stereocenters. The van der Waals surface area contributed by atoms with Crippen LogP contribution in [-0.2, 0) is 4.74 Å². The van der Waals surface area contributed by atoms with Gasteiger partial charge in [-0.3, -0.25) is 4.98 Å². The molecule has 0 amide bonds. The molecule has 0 aromatic carbocycles. The van der Waals surface area contributed by atoms with Gasteiger partial charge in [0.25, 0.3) is 0 Å². The van der Waals surface area contributed by atoms with Crippen LogP contribution in [0.2, 0.25) is 0 Å². The average molecular weight is 368 g/mol. The minimum atomic E-state index is 0.288. The van der Waals surface area contributed by atoms with E-state index < -0.39 is 0 Å². The molecule has 4 aliphatic rings. The van der Waals surface area contributed by atoms with E-state index in [0.717, 1.165) is 30.1 Å². The Hall–Kier alpha value is -1.35. The zero-order chi connectivity index (χ0) is 18.6. The van der Waals surface area contributed by atoms with E-state index in [-0.39, 0.29) is 5.41 Å². The molecule has 3 fully saturated rings.